The van der Waals surface area contributed by atoms with Gasteiger partial charge in [0, 0.05) is 39.7 Å². The molecule has 0 saturated heterocycles. The van der Waals surface area contributed by atoms with E-state index in [2.05, 4.69) is 0 Å². The predicted octanol–water partition coefficient (Wildman–Crippen LogP) is 4.46. The molecule has 3 aromatic carbocycles. The first-order valence-corrected chi connectivity index (χ1v) is 7.74. The van der Waals surface area contributed by atoms with Crippen molar-refractivity contribution in [3.8, 4) is 0 Å². The predicted molar refractivity (Wildman–Crippen MR) is 95.7 cm³/mol. The van der Waals surface area contributed by atoms with Gasteiger partial charge >= 0.3 is 0 Å². The molecule has 4 aromatic rings. The van der Waals surface area contributed by atoms with Crippen molar-refractivity contribution < 1.29 is 26.7 Å². The molecule has 0 aliphatic rings. The number of ketones is 1. The van der Waals surface area contributed by atoms with Crippen LogP contribution in [0.3, 0.4) is 0 Å². The SMILES string of the molecule is O=Cc1cn(CC(=O)[c-]2[cH-][cH-][cH-][cH-]2)c2ccccc12.[Fe].c1cc[cH-]c1. The third-order valence-corrected chi connectivity index (χ3v) is 3.80. The van der Waals surface area contributed by atoms with Crippen LogP contribution in [0.15, 0.2) is 85.1 Å². The summed E-state index contributed by atoms with van der Waals surface area (Å²) in [4.78, 5) is 23.2. The molecule has 132 valence electrons. The molecule has 0 spiro atoms. The van der Waals surface area contributed by atoms with Crippen LogP contribution in [0.4, 0.5) is 0 Å². The Morgan fingerprint density at radius 2 is 1.76 bits per heavy atom. The molecular formula is C21H17FeNO2-6. The molecule has 4 heteroatoms. The van der Waals surface area contributed by atoms with Crippen molar-refractivity contribution in [2.45, 2.75) is 6.54 Å². The second kappa shape index (κ2) is 8.97. The van der Waals surface area contributed by atoms with Gasteiger partial charge in [-0.25, -0.2) is 17.9 Å². The average Bonchev–Trinajstić information content (AvgIpc) is 3.37. The molecule has 0 bridgehead atoms. The molecule has 1 heterocycles. The van der Waals surface area contributed by atoms with Gasteiger partial charge in [0.05, 0.1) is 0 Å². The van der Waals surface area contributed by atoms with Crippen molar-refractivity contribution in [3.63, 3.8) is 0 Å². The van der Waals surface area contributed by atoms with Crippen LogP contribution in [-0.4, -0.2) is 16.6 Å². The van der Waals surface area contributed by atoms with Gasteiger partial charge in [-0.1, -0.05) is 18.2 Å². The number of nitrogens with zero attached hydrogens (tertiary/aromatic N) is 1. The molecule has 1 aromatic heterocycles. The van der Waals surface area contributed by atoms with Crippen molar-refractivity contribution in [1.82, 2.24) is 4.57 Å². The summed E-state index contributed by atoms with van der Waals surface area (Å²) in [5, 5.41) is 0.882. The Hall–Kier alpha value is -2.68. The van der Waals surface area contributed by atoms with Crippen molar-refractivity contribution in [1.29, 1.82) is 0 Å². The van der Waals surface area contributed by atoms with Crippen LogP contribution < -0.4 is 0 Å². The number of benzene rings is 1. The monoisotopic (exact) mass is 371 g/mol. The number of hydrogen-bond acceptors (Lipinski definition) is 2. The van der Waals surface area contributed by atoms with E-state index in [0.717, 1.165) is 17.2 Å². The van der Waals surface area contributed by atoms with E-state index >= 15 is 0 Å². The maximum Gasteiger partial charge on any atom is 0.152 e. The minimum Gasteiger partial charge on any atom is -0.716 e. The first-order valence-electron chi connectivity index (χ1n) is 7.74. The molecule has 0 unspecified atom stereocenters. The third-order valence-electron chi connectivity index (χ3n) is 3.80. The number of Topliss-reactive ketones (excluding diaryl/α,β-unsaturated/α-hetero) is 1. The largest absolute Gasteiger partial charge is 0.716 e. The zero-order chi connectivity index (χ0) is 16.8. The molecule has 3 nitrogen and oxygen atoms in total. The molecule has 0 aliphatic carbocycles. The van der Waals surface area contributed by atoms with Crippen LogP contribution in [0.5, 0.6) is 0 Å². The first-order chi connectivity index (χ1) is 11.8. The molecule has 0 fully saturated rings. The van der Waals surface area contributed by atoms with Gasteiger partial charge in [-0.15, -0.1) is 0 Å². The number of fused-ring (bicyclic) bond motifs is 1. The fraction of sp³-hybridized carbons (Fsp3) is 0.0476. The number of rotatable bonds is 4. The standard InChI is InChI=1S/C16H12NO2.C5H5.Fe/c18-11-13-9-17(15-8-4-3-7-14(13)15)10-16(19)12-5-1-2-6-12;1-2-4-5-3-1;/h1-9,11H,10H2;1-5H;/q-5;-1;. The van der Waals surface area contributed by atoms with Gasteiger partial charge in [-0.3, -0.25) is 4.79 Å². The van der Waals surface area contributed by atoms with E-state index in [9.17, 15) is 9.59 Å². The second-order valence-corrected chi connectivity index (χ2v) is 5.41. The van der Waals surface area contributed by atoms with Crippen LogP contribution in [0.1, 0.15) is 20.7 Å². The van der Waals surface area contributed by atoms with Gasteiger partial charge in [-0.2, -0.15) is 18.2 Å². The number of carbonyl (C=O) groups is 2. The van der Waals surface area contributed by atoms with Crippen LogP contribution >= 0.6 is 0 Å². The summed E-state index contributed by atoms with van der Waals surface area (Å²) in [6, 6.07) is 24.9. The molecule has 4 rings (SSSR count). The normalized spacial score (nSPS) is 9.76. The number of para-hydroxylation sites is 1. The smallest absolute Gasteiger partial charge is 0.152 e. The molecule has 0 N–H and O–H groups in total. The molecular weight excluding hydrogens is 354 g/mol. The van der Waals surface area contributed by atoms with Gasteiger partial charge in [-0.05, 0) is 12.6 Å². The summed E-state index contributed by atoms with van der Waals surface area (Å²) in [6.07, 6.45) is 2.56. The van der Waals surface area contributed by atoms with Gasteiger partial charge in [0.2, 0.25) is 0 Å². The van der Waals surface area contributed by atoms with E-state index in [0.29, 0.717) is 11.1 Å². The average molecular weight is 371 g/mol. The third kappa shape index (κ3) is 4.44. The minimum atomic E-state index is 0. The Kier molecular flexibility index (Phi) is 6.70. The Morgan fingerprint density at radius 1 is 1.08 bits per heavy atom. The maximum atomic E-state index is 12.1. The van der Waals surface area contributed by atoms with E-state index in [1.54, 1.807) is 18.3 Å². The summed E-state index contributed by atoms with van der Waals surface area (Å²) in [5.41, 5.74) is 2.22. The molecule has 0 amide bonds. The quantitative estimate of drug-likeness (QED) is 0.230. The summed E-state index contributed by atoms with van der Waals surface area (Å²) in [6.45, 7) is 0.248. The van der Waals surface area contributed by atoms with Crippen LogP contribution in [-0.2, 0) is 23.6 Å². The summed E-state index contributed by atoms with van der Waals surface area (Å²) < 4.78 is 1.83. The molecule has 0 aliphatic heterocycles. The van der Waals surface area contributed by atoms with Crippen LogP contribution in [0, 0.1) is 0 Å². The van der Waals surface area contributed by atoms with E-state index in [1.165, 1.54) is 0 Å². The van der Waals surface area contributed by atoms with E-state index in [-0.39, 0.29) is 29.4 Å². The van der Waals surface area contributed by atoms with Crippen LogP contribution in [0.2, 0.25) is 0 Å². The van der Waals surface area contributed by atoms with Crippen molar-refractivity contribution >= 4 is 23.0 Å². The minimum absolute atomic E-state index is 0. The summed E-state index contributed by atoms with van der Waals surface area (Å²) in [5.74, 6) is 0.0446. The zero-order valence-electron chi connectivity index (χ0n) is 13.5. The topological polar surface area (TPSA) is 39.1 Å². The van der Waals surface area contributed by atoms with Crippen molar-refractivity contribution in [3.05, 3.63) is 96.2 Å². The van der Waals surface area contributed by atoms with Gasteiger partial charge in [0.25, 0.3) is 0 Å². The first kappa shape index (κ1) is 18.7. The number of hydrogen-bond donors (Lipinski definition) is 0. The van der Waals surface area contributed by atoms with E-state index in [1.807, 2.05) is 71.3 Å². The number of aldehydes is 1. The van der Waals surface area contributed by atoms with Crippen molar-refractivity contribution in [2.75, 3.05) is 0 Å². The summed E-state index contributed by atoms with van der Waals surface area (Å²) in [7, 11) is 0. The van der Waals surface area contributed by atoms with E-state index < -0.39 is 0 Å². The Labute approximate surface area is 157 Å². The van der Waals surface area contributed by atoms with Crippen LogP contribution in [0.25, 0.3) is 10.9 Å². The van der Waals surface area contributed by atoms with Gasteiger partial charge < -0.3 is 39.2 Å². The van der Waals surface area contributed by atoms with Gasteiger partial charge in [0.15, 0.2) is 6.29 Å². The number of carbonyl (C=O) groups excluding carboxylic acids is 2. The Balaban J connectivity index is 0.000000325. The summed E-state index contributed by atoms with van der Waals surface area (Å²) >= 11 is 0. The molecule has 0 atom stereocenters. The number of aromatic nitrogens is 1. The zero-order valence-corrected chi connectivity index (χ0v) is 14.6. The second-order valence-electron chi connectivity index (χ2n) is 5.41. The molecule has 25 heavy (non-hydrogen) atoms. The van der Waals surface area contributed by atoms with Crippen molar-refractivity contribution in [2.24, 2.45) is 0 Å². The molecule has 0 radical (unpaired) electrons. The molecule has 0 saturated carbocycles. The maximum absolute atomic E-state index is 12.1. The van der Waals surface area contributed by atoms with E-state index in [4.69, 9.17) is 0 Å². The Morgan fingerprint density at radius 3 is 2.36 bits per heavy atom. The fourth-order valence-electron chi connectivity index (χ4n) is 2.63. The Bertz CT molecular complexity index is 901. The van der Waals surface area contributed by atoms with Gasteiger partial charge in [0.1, 0.15) is 0 Å². The fourth-order valence-corrected chi connectivity index (χ4v) is 2.63.